The second-order valence-electron chi connectivity index (χ2n) is 2.05. The quantitative estimate of drug-likeness (QED) is 0.456. The molecule has 11 heavy (non-hydrogen) atoms. The zero-order chi connectivity index (χ0) is 8.53. The maximum Gasteiger partial charge on any atom is 0.0150 e. The molecule has 0 fully saturated rings. The summed E-state index contributed by atoms with van der Waals surface area (Å²) < 4.78 is 0. The molecular weight excluding hydrogens is 138 g/mol. The van der Waals surface area contributed by atoms with Crippen molar-refractivity contribution in [2.45, 2.75) is 13.8 Å². The van der Waals surface area contributed by atoms with Gasteiger partial charge in [0, 0.05) is 19.3 Å². The summed E-state index contributed by atoms with van der Waals surface area (Å²) in [6.07, 6.45) is 6.99. The van der Waals surface area contributed by atoms with E-state index in [1.165, 1.54) is 6.20 Å². The molecule has 3 nitrogen and oxygen atoms in total. The highest BCUT2D eigenvalue weighted by Crippen LogP contribution is 1.79. The summed E-state index contributed by atoms with van der Waals surface area (Å²) in [7, 11) is 0. The summed E-state index contributed by atoms with van der Waals surface area (Å²) in [5.74, 6) is 0. The minimum absolute atomic E-state index is 0.993. The topological polar surface area (TPSA) is 41.3 Å². The van der Waals surface area contributed by atoms with E-state index >= 15 is 0 Å². The average Bonchev–Trinajstić information content (AvgIpc) is 2.05. The molecule has 0 bridgehead atoms. The normalized spacial score (nSPS) is 11.9. The van der Waals surface area contributed by atoms with Crippen molar-refractivity contribution in [2.75, 3.05) is 13.1 Å². The molecule has 0 aliphatic heterocycles. The van der Waals surface area contributed by atoms with Gasteiger partial charge in [-0.3, -0.25) is 0 Å². The van der Waals surface area contributed by atoms with E-state index in [2.05, 4.69) is 24.3 Å². The summed E-state index contributed by atoms with van der Waals surface area (Å²) in [4.78, 5) is 0. The van der Waals surface area contributed by atoms with Crippen molar-refractivity contribution in [3.05, 3.63) is 24.6 Å². The third-order valence-electron chi connectivity index (χ3n) is 1.34. The van der Waals surface area contributed by atoms with Gasteiger partial charge in [0.05, 0.1) is 0 Å². The fourth-order valence-electron chi connectivity index (χ4n) is 0.674. The van der Waals surface area contributed by atoms with E-state index in [1.807, 2.05) is 12.3 Å². The number of nitrogens with zero attached hydrogens (tertiary/aromatic N) is 1. The first-order chi connectivity index (χ1) is 5.35. The zero-order valence-corrected chi connectivity index (χ0v) is 7.25. The second kappa shape index (κ2) is 7.15. The predicted molar refractivity (Wildman–Crippen MR) is 48.5 cm³/mol. The maximum absolute atomic E-state index is 5.14. The van der Waals surface area contributed by atoms with E-state index in [1.54, 1.807) is 6.08 Å². The highest BCUT2D eigenvalue weighted by molar-refractivity contribution is 4.98. The van der Waals surface area contributed by atoms with Crippen LogP contribution < -0.4 is 11.2 Å². The lowest BCUT2D eigenvalue weighted by Gasteiger charge is -2.16. The lowest BCUT2D eigenvalue weighted by Crippen LogP contribution is -2.33. The lowest BCUT2D eigenvalue weighted by molar-refractivity contribution is 0.247. The molecule has 0 saturated heterocycles. The summed E-state index contributed by atoms with van der Waals surface area (Å²) in [6.45, 7) is 6.19. The molecule has 0 spiro atoms. The fourth-order valence-corrected chi connectivity index (χ4v) is 0.674. The van der Waals surface area contributed by atoms with Gasteiger partial charge in [0.15, 0.2) is 0 Å². The van der Waals surface area contributed by atoms with E-state index in [0.29, 0.717) is 0 Å². The SMILES string of the molecule is CCN(CC)N/C=C\C=C/N. The highest BCUT2D eigenvalue weighted by Gasteiger charge is 1.90. The van der Waals surface area contributed by atoms with Crippen molar-refractivity contribution in [1.82, 2.24) is 10.4 Å². The Balaban J connectivity index is 3.49. The Labute approximate surface area is 68.5 Å². The molecule has 0 saturated carbocycles. The van der Waals surface area contributed by atoms with E-state index in [0.717, 1.165) is 13.1 Å². The Kier molecular flexibility index (Phi) is 6.53. The van der Waals surface area contributed by atoms with Gasteiger partial charge in [0.25, 0.3) is 0 Å². The first-order valence-corrected chi connectivity index (χ1v) is 3.89. The van der Waals surface area contributed by atoms with Gasteiger partial charge in [-0.2, -0.15) is 0 Å². The van der Waals surface area contributed by atoms with Crippen LogP contribution in [0.1, 0.15) is 13.8 Å². The molecule has 0 aliphatic carbocycles. The number of rotatable bonds is 5. The Morgan fingerprint density at radius 1 is 1.27 bits per heavy atom. The van der Waals surface area contributed by atoms with Gasteiger partial charge in [-0.15, -0.1) is 0 Å². The first-order valence-electron chi connectivity index (χ1n) is 3.89. The van der Waals surface area contributed by atoms with Crippen molar-refractivity contribution >= 4 is 0 Å². The molecule has 0 rings (SSSR count). The fraction of sp³-hybridized carbons (Fsp3) is 0.500. The van der Waals surface area contributed by atoms with Gasteiger partial charge in [-0.05, 0) is 18.4 Å². The largest absolute Gasteiger partial charge is 0.405 e. The maximum atomic E-state index is 5.14. The lowest BCUT2D eigenvalue weighted by atomic mass is 10.6. The van der Waals surface area contributed by atoms with Gasteiger partial charge in [0.2, 0.25) is 0 Å². The Morgan fingerprint density at radius 3 is 2.36 bits per heavy atom. The van der Waals surface area contributed by atoms with Gasteiger partial charge >= 0.3 is 0 Å². The van der Waals surface area contributed by atoms with Crippen LogP contribution in [0.3, 0.4) is 0 Å². The van der Waals surface area contributed by atoms with E-state index < -0.39 is 0 Å². The van der Waals surface area contributed by atoms with Crippen molar-refractivity contribution in [1.29, 1.82) is 0 Å². The van der Waals surface area contributed by atoms with Gasteiger partial charge < -0.3 is 11.2 Å². The number of hydrogen-bond acceptors (Lipinski definition) is 3. The molecular formula is C8H17N3. The summed E-state index contributed by atoms with van der Waals surface area (Å²) >= 11 is 0. The van der Waals surface area contributed by atoms with Crippen molar-refractivity contribution in [2.24, 2.45) is 5.73 Å². The van der Waals surface area contributed by atoms with Crippen LogP contribution in [-0.2, 0) is 0 Å². The molecule has 0 atom stereocenters. The monoisotopic (exact) mass is 155 g/mol. The average molecular weight is 155 g/mol. The van der Waals surface area contributed by atoms with Gasteiger partial charge in [-0.25, -0.2) is 5.01 Å². The molecule has 0 radical (unpaired) electrons. The zero-order valence-electron chi connectivity index (χ0n) is 7.25. The highest BCUT2D eigenvalue weighted by atomic mass is 15.5. The third-order valence-corrected chi connectivity index (χ3v) is 1.34. The van der Waals surface area contributed by atoms with Crippen LogP contribution in [0.25, 0.3) is 0 Å². The van der Waals surface area contributed by atoms with Gasteiger partial charge in [-0.1, -0.05) is 13.8 Å². The Bertz CT molecular complexity index is 125. The summed E-state index contributed by atoms with van der Waals surface area (Å²) in [5, 5.41) is 2.08. The first kappa shape index (κ1) is 10.0. The molecule has 0 aliphatic rings. The van der Waals surface area contributed by atoms with Crippen molar-refractivity contribution in [3.63, 3.8) is 0 Å². The van der Waals surface area contributed by atoms with Crippen LogP contribution >= 0.6 is 0 Å². The molecule has 0 aromatic carbocycles. The standard InChI is InChI=1S/C8H17N3/c1-3-11(4-2)10-8-6-5-7-9/h5-8,10H,3-4,9H2,1-2H3/b7-5-,8-6-. The van der Waals surface area contributed by atoms with E-state index in [4.69, 9.17) is 5.73 Å². The van der Waals surface area contributed by atoms with Crippen LogP contribution in [0.2, 0.25) is 0 Å². The van der Waals surface area contributed by atoms with Gasteiger partial charge in [0.1, 0.15) is 0 Å². The Hall–Kier alpha value is -0.960. The molecule has 0 heterocycles. The molecule has 0 aromatic rings. The number of hydrogen-bond donors (Lipinski definition) is 2. The number of nitrogens with two attached hydrogens (primary N) is 1. The molecule has 3 N–H and O–H groups in total. The third kappa shape index (κ3) is 5.48. The molecule has 0 unspecified atom stereocenters. The second-order valence-corrected chi connectivity index (χ2v) is 2.05. The Morgan fingerprint density at radius 2 is 1.91 bits per heavy atom. The minimum Gasteiger partial charge on any atom is -0.405 e. The molecule has 64 valence electrons. The number of nitrogens with one attached hydrogen (secondary N) is 1. The van der Waals surface area contributed by atoms with Crippen LogP contribution in [0, 0.1) is 0 Å². The number of allylic oxidation sites excluding steroid dienone is 2. The van der Waals surface area contributed by atoms with Crippen molar-refractivity contribution in [3.8, 4) is 0 Å². The summed E-state index contributed by atoms with van der Waals surface area (Å²) in [5.41, 5.74) is 8.24. The smallest absolute Gasteiger partial charge is 0.0150 e. The van der Waals surface area contributed by atoms with Crippen LogP contribution in [0.5, 0.6) is 0 Å². The minimum atomic E-state index is 0.993. The van der Waals surface area contributed by atoms with Crippen LogP contribution in [-0.4, -0.2) is 18.1 Å². The summed E-state index contributed by atoms with van der Waals surface area (Å²) in [6, 6.07) is 0. The van der Waals surface area contributed by atoms with Crippen LogP contribution in [0.15, 0.2) is 24.6 Å². The van der Waals surface area contributed by atoms with E-state index in [9.17, 15) is 0 Å². The number of hydrazine groups is 1. The van der Waals surface area contributed by atoms with E-state index in [-0.39, 0.29) is 0 Å². The molecule has 0 amide bonds. The van der Waals surface area contributed by atoms with Crippen LogP contribution in [0.4, 0.5) is 0 Å². The predicted octanol–water partition coefficient (Wildman–Crippen LogP) is 0.819. The molecule has 0 aromatic heterocycles. The van der Waals surface area contributed by atoms with Crippen molar-refractivity contribution < 1.29 is 0 Å². The molecule has 3 heteroatoms.